The molecule has 0 amide bonds. The predicted octanol–water partition coefficient (Wildman–Crippen LogP) is 1.17. The second kappa shape index (κ2) is 8.42. The monoisotopic (exact) mass is 338 g/mol. The van der Waals surface area contributed by atoms with Gasteiger partial charge in [0, 0.05) is 19.3 Å². The largest absolute Gasteiger partial charge is 0.480 e. The van der Waals surface area contributed by atoms with Crippen molar-refractivity contribution in [2.24, 2.45) is 5.84 Å². The van der Waals surface area contributed by atoms with Crippen molar-refractivity contribution in [2.45, 2.75) is 45.6 Å². The van der Waals surface area contributed by atoms with Crippen molar-refractivity contribution in [1.29, 1.82) is 0 Å². The van der Waals surface area contributed by atoms with E-state index in [0.717, 1.165) is 0 Å². The molecule has 0 aromatic heterocycles. The van der Waals surface area contributed by atoms with Gasteiger partial charge in [0.15, 0.2) is 11.5 Å². The molecule has 0 saturated carbocycles. The van der Waals surface area contributed by atoms with Crippen LogP contribution in [0.5, 0.6) is 11.5 Å². The minimum atomic E-state index is -1.40. The third kappa shape index (κ3) is 5.04. The maximum atomic E-state index is 11.6. The number of carbonyl (C=O) groups is 3. The number of aliphatic carboxylic acids is 1. The maximum Gasteiger partial charge on any atom is 0.325 e. The number of rotatable bonds is 8. The highest BCUT2D eigenvalue weighted by atomic mass is 16.6. The average molecular weight is 338 g/mol. The van der Waals surface area contributed by atoms with Crippen LogP contribution < -0.4 is 20.7 Å². The summed E-state index contributed by atoms with van der Waals surface area (Å²) in [4.78, 5) is 34.4. The Hall–Kier alpha value is -2.45. The first-order chi connectivity index (χ1) is 11.3. The number of carboxylic acids is 1. The number of hydrogen-bond donors (Lipinski definition) is 3. The van der Waals surface area contributed by atoms with Gasteiger partial charge in [-0.2, -0.15) is 0 Å². The van der Waals surface area contributed by atoms with Crippen LogP contribution >= 0.6 is 0 Å². The Morgan fingerprint density at radius 3 is 2.12 bits per heavy atom. The quantitative estimate of drug-likeness (QED) is 0.279. The summed E-state index contributed by atoms with van der Waals surface area (Å²) < 4.78 is 10.3. The van der Waals surface area contributed by atoms with E-state index in [2.05, 4.69) is 5.43 Å². The smallest absolute Gasteiger partial charge is 0.325 e. The lowest BCUT2D eigenvalue weighted by atomic mass is 9.93. The molecule has 8 nitrogen and oxygen atoms in total. The number of carbonyl (C=O) groups excluding carboxylic acids is 2. The molecule has 1 aromatic carbocycles. The van der Waals surface area contributed by atoms with Gasteiger partial charge in [-0.1, -0.05) is 19.9 Å². The highest BCUT2D eigenvalue weighted by Crippen LogP contribution is 2.30. The van der Waals surface area contributed by atoms with Crippen LogP contribution in [0.3, 0.4) is 0 Å². The molecule has 0 saturated heterocycles. The molecule has 24 heavy (non-hydrogen) atoms. The Morgan fingerprint density at radius 1 is 1.12 bits per heavy atom. The zero-order valence-corrected chi connectivity index (χ0v) is 13.9. The summed E-state index contributed by atoms with van der Waals surface area (Å²) >= 11 is 0. The molecular weight excluding hydrogens is 316 g/mol. The van der Waals surface area contributed by atoms with Crippen LogP contribution in [-0.4, -0.2) is 28.6 Å². The van der Waals surface area contributed by atoms with Crippen LogP contribution in [0.4, 0.5) is 0 Å². The van der Waals surface area contributed by atoms with Crippen LogP contribution in [0.2, 0.25) is 0 Å². The Morgan fingerprint density at radius 2 is 1.67 bits per heavy atom. The zero-order chi connectivity index (χ0) is 18.3. The lowest BCUT2D eigenvalue weighted by Gasteiger charge is -2.24. The third-order valence-electron chi connectivity index (χ3n) is 3.38. The summed E-state index contributed by atoms with van der Waals surface area (Å²) in [6.07, 6.45) is 0.344. The number of hydrogen-bond acceptors (Lipinski definition) is 7. The van der Waals surface area contributed by atoms with Crippen molar-refractivity contribution in [2.75, 3.05) is 0 Å². The molecule has 0 heterocycles. The van der Waals surface area contributed by atoms with E-state index >= 15 is 0 Å². The molecule has 8 heteroatoms. The van der Waals surface area contributed by atoms with E-state index in [-0.39, 0.29) is 30.8 Å². The molecule has 0 radical (unpaired) electrons. The highest BCUT2D eigenvalue weighted by Gasteiger charge is 2.32. The summed E-state index contributed by atoms with van der Waals surface area (Å²) in [6, 6.07) is 4.50. The molecule has 1 aromatic rings. The van der Waals surface area contributed by atoms with Gasteiger partial charge in [-0.05, 0) is 24.6 Å². The lowest BCUT2D eigenvalue weighted by Crippen LogP contribution is -2.54. The first kappa shape index (κ1) is 19.6. The van der Waals surface area contributed by atoms with Crippen LogP contribution in [-0.2, 0) is 20.8 Å². The number of hydrazine groups is 1. The van der Waals surface area contributed by atoms with E-state index in [4.69, 9.17) is 15.3 Å². The van der Waals surface area contributed by atoms with Gasteiger partial charge in [0.2, 0.25) is 0 Å². The lowest BCUT2D eigenvalue weighted by molar-refractivity contribution is -0.144. The number of ether oxygens (including phenoxy) is 2. The summed E-state index contributed by atoms with van der Waals surface area (Å²) in [5.74, 6) is 3.38. The van der Waals surface area contributed by atoms with Gasteiger partial charge in [-0.25, -0.2) is 5.43 Å². The van der Waals surface area contributed by atoms with Gasteiger partial charge < -0.3 is 14.6 Å². The topological polar surface area (TPSA) is 128 Å². The number of carboxylic acid groups (broad SMARTS) is 1. The number of esters is 2. The standard InChI is InChI=1S/C16H22N2O6/c1-4-13(19)23-11-7-6-10(8-12(11)24-14(20)5-2)9-16(3,18-17)15(21)22/h6-8,18H,4-5,9,17H2,1-3H3,(H,21,22). The summed E-state index contributed by atoms with van der Waals surface area (Å²) in [5.41, 5.74) is 1.42. The maximum absolute atomic E-state index is 11.6. The molecule has 4 N–H and O–H groups in total. The van der Waals surface area contributed by atoms with Crippen molar-refractivity contribution in [3.63, 3.8) is 0 Å². The van der Waals surface area contributed by atoms with Gasteiger partial charge in [0.25, 0.3) is 0 Å². The van der Waals surface area contributed by atoms with Crippen molar-refractivity contribution in [1.82, 2.24) is 5.43 Å². The van der Waals surface area contributed by atoms with E-state index in [9.17, 15) is 19.5 Å². The number of nitrogens with one attached hydrogen (secondary N) is 1. The first-order valence-electron chi connectivity index (χ1n) is 7.51. The van der Waals surface area contributed by atoms with Gasteiger partial charge >= 0.3 is 17.9 Å². The molecule has 1 atom stereocenters. The number of nitrogens with two attached hydrogens (primary N) is 1. The normalized spacial score (nSPS) is 13.0. The van der Waals surface area contributed by atoms with E-state index in [0.29, 0.717) is 5.56 Å². The average Bonchev–Trinajstić information content (AvgIpc) is 2.56. The van der Waals surface area contributed by atoms with Gasteiger partial charge in [-0.3, -0.25) is 20.2 Å². The van der Waals surface area contributed by atoms with Crippen molar-refractivity contribution < 1.29 is 29.0 Å². The second-order valence-corrected chi connectivity index (χ2v) is 5.39. The first-order valence-corrected chi connectivity index (χ1v) is 7.51. The Kier molecular flexibility index (Phi) is 6.87. The summed E-state index contributed by atoms with van der Waals surface area (Å²) in [6.45, 7) is 4.70. The van der Waals surface area contributed by atoms with E-state index < -0.39 is 23.4 Å². The van der Waals surface area contributed by atoms with Gasteiger partial charge in [0.1, 0.15) is 5.54 Å². The third-order valence-corrected chi connectivity index (χ3v) is 3.38. The Balaban J connectivity index is 3.16. The van der Waals surface area contributed by atoms with Gasteiger partial charge in [0.05, 0.1) is 0 Å². The molecule has 0 bridgehead atoms. The number of benzene rings is 1. The van der Waals surface area contributed by atoms with E-state index in [1.54, 1.807) is 19.9 Å². The van der Waals surface area contributed by atoms with Crippen LogP contribution in [0, 0.1) is 0 Å². The molecular formula is C16H22N2O6. The Labute approximate surface area is 139 Å². The molecule has 0 fully saturated rings. The fourth-order valence-corrected chi connectivity index (χ4v) is 1.81. The SMILES string of the molecule is CCC(=O)Oc1ccc(CC(C)(NN)C(=O)O)cc1OC(=O)CC. The molecule has 1 unspecified atom stereocenters. The van der Waals surface area contributed by atoms with Crippen LogP contribution in [0.15, 0.2) is 18.2 Å². The predicted molar refractivity (Wildman–Crippen MR) is 85.4 cm³/mol. The fraction of sp³-hybridized carbons (Fsp3) is 0.438. The van der Waals surface area contributed by atoms with Crippen molar-refractivity contribution in [3.05, 3.63) is 23.8 Å². The summed E-state index contributed by atoms with van der Waals surface area (Å²) in [7, 11) is 0. The van der Waals surface area contributed by atoms with Gasteiger partial charge in [-0.15, -0.1) is 0 Å². The minimum absolute atomic E-state index is 0.0392. The van der Waals surface area contributed by atoms with E-state index in [1.807, 2.05) is 0 Å². The minimum Gasteiger partial charge on any atom is -0.480 e. The van der Waals surface area contributed by atoms with Crippen molar-refractivity contribution >= 4 is 17.9 Å². The van der Waals surface area contributed by atoms with Crippen molar-refractivity contribution in [3.8, 4) is 11.5 Å². The summed E-state index contributed by atoms with van der Waals surface area (Å²) in [5, 5.41) is 9.25. The fourth-order valence-electron chi connectivity index (χ4n) is 1.81. The molecule has 0 spiro atoms. The molecule has 0 aliphatic heterocycles. The molecule has 0 aliphatic carbocycles. The van der Waals surface area contributed by atoms with Crippen LogP contribution in [0.25, 0.3) is 0 Å². The Bertz CT molecular complexity index is 631. The molecule has 1 rings (SSSR count). The molecule has 0 aliphatic rings. The molecule has 132 valence electrons. The zero-order valence-electron chi connectivity index (χ0n) is 13.9. The second-order valence-electron chi connectivity index (χ2n) is 5.39. The highest BCUT2D eigenvalue weighted by molar-refractivity contribution is 5.79. The van der Waals surface area contributed by atoms with E-state index in [1.165, 1.54) is 19.1 Å². The van der Waals surface area contributed by atoms with Crippen LogP contribution in [0.1, 0.15) is 39.2 Å².